The van der Waals surface area contributed by atoms with Gasteiger partial charge in [0.25, 0.3) is 0 Å². The Kier molecular flexibility index (Phi) is 4.66. The molecule has 0 aromatic heterocycles. The number of rotatable bonds is 1. The van der Waals surface area contributed by atoms with E-state index >= 15 is 0 Å². The maximum atomic E-state index is 11.9. The van der Waals surface area contributed by atoms with Gasteiger partial charge in [-0.05, 0) is 32.8 Å². The first-order valence-corrected chi connectivity index (χ1v) is 7.28. The van der Waals surface area contributed by atoms with E-state index in [-0.39, 0.29) is 24.0 Å². The van der Waals surface area contributed by atoms with E-state index < -0.39 is 6.10 Å². The summed E-state index contributed by atoms with van der Waals surface area (Å²) in [6.45, 7) is 9.26. The van der Waals surface area contributed by atoms with E-state index in [2.05, 4.69) is 12.7 Å². The van der Waals surface area contributed by atoms with Crippen molar-refractivity contribution in [2.75, 3.05) is 0 Å². The summed E-state index contributed by atoms with van der Waals surface area (Å²) in [7, 11) is 0. The Morgan fingerprint density at radius 2 is 2.10 bits per heavy atom. The number of esters is 2. The van der Waals surface area contributed by atoms with Crippen LogP contribution in [0.2, 0.25) is 0 Å². The molecule has 0 amide bonds. The summed E-state index contributed by atoms with van der Waals surface area (Å²) in [4.78, 5) is 23.2. The standard InChI is InChI=1S/C17H22O4/c1-10-6-5-7-11(2)9-15-16(12(3)17(19)21-15)14(8-10)20-13(4)18/h7-8,14-16H,3,5-6,9H2,1-2,4H3/b10-8+,11-7+/t14-,15+,16+/m1/s1. The van der Waals surface area contributed by atoms with Crippen LogP contribution in [-0.4, -0.2) is 24.1 Å². The molecule has 2 aliphatic rings. The highest BCUT2D eigenvalue weighted by Gasteiger charge is 2.44. The molecular formula is C17H22O4. The van der Waals surface area contributed by atoms with Gasteiger partial charge in [-0.2, -0.15) is 0 Å². The molecule has 1 saturated heterocycles. The predicted octanol–water partition coefficient (Wildman–Crippen LogP) is 3.09. The van der Waals surface area contributed by atoms with Crippen molar-refractivity contribution in [1.29, 1.82) is 0 Å². The van der Waals surface area contributed by atoms with Crippen molar-refractivity contribution < 1.29 is 19.1 Å². The lowest BCUT2D eigenvalue weighted by molar-refractivity contribution is -0.147. The van der Waals surface area contributed by atoms with Gasteiger partial charge in [0.15, 0.2) is 0 Å². The normalized spacial score (nSPS) is 34.9. The smallest absolute Gasteiger partial charge is 0.334 e. The van der Waals surface area contributed by atoms with Crippen LogP contribution in [-0.2, 0) is 19.1 Å². The van der Waals surface area contributed by atoms with Crippen LogP contribution in [0.1, 0.15) is 40.0 Å². The van der Waals surface area contributed by atoms with Crippen LogP contribution in [0.25, 0.3) is 0 Å². The van der Waals surface area contributed by atoms with E-state index in [9.17, 15) is 9.59 Å². The molecule has 1 heterocycles. The zero-order chi connectivity index (χ0) is 15.6. The van der Waals surface area contributed by atoms with Gasteiger partial charge in [-0.25, -0.2) is 4.79 Å². The highest BCUT2D eigenvalue weighted by Crippen LogP contribution is 2.36. The van der Waals surface area contributed by atoms with Crippen molar-refractivity contribution in [2.45, 2.75) is 52.2 Å². The molecule has 0 saturated carbocycles. The number of carbonyl (C=O) groups excluding carboxylic acids is 2. The van der Waals surface area contributed by atoms with E-state index in [1.807, 2.05) is 19.9 Å². The molecule has 0 bridgehead atoms. The van der Waals surface area contributed by atoms with Crippen molar-refractivity contribution in [3.8, 4) is 0 Å². The number of allylic oxidation sites excluding steroid dienone is 2. The van der Waals surface area contributed by atoms with E-state index in [0.717, 1.165) is 18.4 Å². The van der Waals surface area contributed by atoms with Crippen molar-refractivity contribution in [2.24, 2.45) is 5.92 Å². The fourth-order valence-electron chi connectivity index (χ4n) is 2.94. The lowest BCUT2D eigenvalue weighted by Crippen LogP contribution is -2.32. The third-order valence-electron chi connectivity index (χ3n) is 3.98. The first-order chi connectivity index (χ1) is 9.88. The van der Waals surface area contributed by atoms with E-state index in [1.165, 1.54) is 12.5 Å². The Bertz CT molecular complexity index is 527. The third kappa shape index (κ3) is 3.63. The van der Waals surface area contributed by atoms with Crippen LogP contribution in [0.15, 0.2) is 35.5 Å². The van der Waals surface area contributed by atoms with Gasteiger partial charge in [0.2, 0.25) is 0 Å². The Morgan fingerprint density at radius 3 is 2.76 bits per heavy atom. The fourth-order valence-corrected chi connectivity index (χ4v) is 2.94. The summed E-state index contributed by atoms with van der Waals surface area (Å²) in [5, 5.41) is 0. The lowest BCUT2D eigenvalue weighted by atomic mass is 9.85. The van der Waals surface area contributed by atoms with Gasteiger partial charge in [0, 0.05) is 18.9 Å². The van der Waals surface area contributed by atoms with Crippen LogP contribution in [0, 0.1) is 5.92 Å². The Balaban J connectivity index is 2.39. The molecule has 3 atom stereocenters. The highest BCUT2D eigenvalue weighted by molar-refractivity contribution is 5.91. The number of hydrogen-bond acceptors (Lipinski definition) is 4. The number of carbonyl (C=O) groups is 2. The lowest BCUT2D eigenvalue weighted by Gasteiger charge is -2.26. The van der Waals surface area contributed by atoms with Gasteiger partial charge < -0.3 is 9.47 Å². The summed E-state index contributed by atoms with van der Waals surface area (Å²) in [5.74, 6) is -1.06. The molecule has 4 nitrogen and oxygen atoms in total. The van der Waals surface area contributed by atoms with Gasteiger partial charge in [-0.15, -0.1) is 0 Å². The zero-order valence-electron chi connectivity index (χ0n) is 12.8. The summed E-state index contributed by atoms with van der Waals surface area (Å²) in [5.41, 5.74) is 2.71. The average Bonchev–Trinajstić information content (AvgIpc) is 2.62. The van der Waals surface area contributed by atoms with Crippen LogP contribution in [0.5, 0.6) is 0 Å². The monoisotopic (exact) mass is 290 g/mol. The molecule has 1 aliphatic carbocycles. The molecule has 21 heavy (non-hydrogen) atoms. The van der Waals surface area contributed by atoms with Crippen LogP contribution in [0.4, 0.5) is 0 Å². The number of ether oxygens (including phenoxy) is 2. The molecule has 4 heteroatoms. The Hall–Kier alpha value is -1.84. The first kappa shape index (κ1) is 15.5. The molecule has 0 aromatic rings. The second-order valence-corrected chi connectivity index (χ2v) is 5.88. The Labute approximate surface area is 125 Å². The highest BCUT2D eigenvalue weighted by atomic mass is 16.6. The zero-order valence-corrected chi connectivity index (χ0v) is 12.8. The Morgan fingerprint density at radius 1 is 1.38 bits per heavy atom. The maximum absolute atomic E-state index is 11.9. The number of hydrogen-bond donors (Lipinski definition) is 0. The molecule has 0 radical (unpaired) electrons. The first-order valence-electron chi connectivity index (χ1n) is 7.28. The average molecular weight is 290 g/mol. The molecule has 2 rings (SSSR count). The van der Waals surface area contributed by atoms with E-state index in [0.29, 0.717) is 12.0 Å². The summed E-state index contributed by atoms with van der Waals surface area (Å²) >= 11 is 0. The minimum Gasteiger partial charge on any atom is -0.458 e. The maximum Gasteiger partial charge on any atom is 0.334 e. The molecular weight excluding hydrogens is 268 g/mol. The molecule has 114 valence electrons. The van der Waals surface area contributed by atoms with Gasteiger partial charge in [-0.1, -0.05) is 23.8 Å². The SMILES string of the molecule is C=C1C(=O)O[C@H]2C/C(C)=C/CC/C(C)=C/[C@@H](OC(C)=O)[C@H]12. The topological polar surface area (TPSA) is 52.6 Å². The number of fused-ring (bicyclic) bond motifs is 1. The van der Waals surface area contributed by atoms with Gasteiger partial charge >= 0.3 is 11.9 Å². The molecule has 1 aliphatic heterocycles. The van der Waals surface area contributed by atoms with E-state index in [4.69, 9.17) is 9.47 Å². The third-order valence-corrected chi connectivity index (χ3v) is 3.98. The second-order valence-electron chi connectivity index (χ2n) is 5.88. The van der Waals surface area contributed by atoms with Crippen LogP contribution < -0.4 is 0 Å². The predicted molar refractivity (Wildman–Crippen MR) is 79.4 cm³/mol. The van der Waals surface area contributed by atoms with Crippen molar-refractivity contribution >= 4 is 11.9 Å². The summed E-state index contributed by atoms with van der Waals surface area (Å²) < 4.78 is 10.9. The molecule has 0 spiro atoms. The van der Waals surface area contributed by atoms with Crippen molar-refractivity contribution in [1.82, 2.24) is 0 Å². The molecule has 0 unspecified atom stereocenters. The molecule has 0 N–H and O–H groups in total. The van der Waals surface area contributed by atoms with Crippen LogP contribution >= 0.6 is 0 Å². The molecule has 1 fully saturated rings. The van der Waals surface area contributed by atoms with Crippen LogP contribution in [0.3, 0.4) is 0 Å². The van der Waals surface area contributed by atoms with Gasteiger partial charge in [0.1, 0.15) is 12.2 Å². The minimum atomic E-state index is -0.489. The van der Waals surface area contributed by atoms with Crippen molar-refractivity contribution in [3.63, 3.8) is 0 Å². The van der Waals surface area contributed by atoms with Gasteiger partial charge in [0.05, 0.1) is 5.92 Å². The van der Waals surface area contributed by atoms with E-state index in [1.54, 1.807) is 0 Å². The summed E-state index contributed by atoms with van der Waals surface area (Å²) in [6, 6.07) is 0. The second kappa shape index (κ2) is 6.29. The molecule has 0 aromatic carbocycles. The quantitative estimate of drug-likeness (QED) is 0.423. The fraction of sp³-hybridized carbons (Fsp3) is 0.529. The van der Waals surface area contributed by atoms with Crippen molar-refractivity contribution in [3.05, 3.63) is 35.5 Å². The largest absolute Gasteiger partial charge is 0.458 e. The minimum absolute atomic E-state index is 0.308. The summed E-state index contributed by atoms with van der Waals surface area (Å²) in [6.07, 6.45) is 5.81. The van der Waals surface area contributed by atoms with Gasteiger partial charge in [-0.3, -0.25) is 4.79 Å².